The van der Waals surface area contributed by atoms with Crippen LogP contribution in [0.2, 0.25) is 0 Å². The zero-order valence-electron chi connectivity index (χ0n) is 16.7. The Balaban J connectivity index is 1.63. The Morgan fingerprint density at radius 1 is 1.14 bits per heavy atom. The van der Waals surface area contributed by atoms with Crippen molar-refractivity contribution in [2.45, 2.75) is 45.1 Å². The number of hydrogen-bond donors (Lipinski definition) is 1. The highest BCUT2D eigenvalue weighted by atomic mass is 16.5. The Morgan fingerprint density at radius 2 is 1.96 bits per heavy atom. The fourth-order valence-corrected chi connectivity index (χ4v) is 4.28. The van der Waals surface area contributed by atoms with E-state index in [4.69, 9.17) is 9.72 Å². The van der Waals surface area contributed by atoms with E-state index in [1.54, 1.807) is 6.07 Å². The minimum Gasteiger partial charge on any atom is -0.378 e. The summed E-state index contributed by atoms with van der Waals surface area (Å²) in [5.41, 5.74) is 2.63. The summed E-state index contributed by atoms with van der Waals surface area (Å²) < 4.78 is 5.44. The Morgan fingerprint density at radius 3 is 2.79 bits per heavy atom. The molecule has 3 heterocycles. The van der Waals surface area contributed by atoms with Gasteiger partial charge in [0, 0.05) is 31.7 Å². The SMILES string of the molecule is Cc1ccccc1CC1CCCCCN1c1nc(N2CCOCC2)cc(=O)[nH]1. The third-order valence-corrected chi connectivity index (χ3v) is 5.92. The molecule has 0 bridgehead atoms. The van der Waals surface area contributed by atoms with Gasteiger partial charge in [0.1, 0.15) is 5.82 Å². The number of H-pyrrole nitrogens is 1. The second-order valence-corrected chi connectivity index (χ2v) is 7.85. The van der Waals surface area contributed by atoms with Gasteiger partial charge in [0.2, 0.25) is 5.95 Å². The van der Waals surface area contributed by atoms with E-state index in [-0.39, 0.29) is 5.56 Å². The van der Waals surface area contributed by atoms with E-state index >= 15 is 0 Å². The Labute approximate surface area is 166 Å². The van der Waals surface area contributed by atoms with E-state index in [0.29, 0.717) is 19.3 Å². The maximum Gasteiger partial charge on any atom is 0.254 e. The standard InChI is InChI=1S/C22H30N4O2/c1-17-7-4-5-8-18(17)15-19-9-3-2-6-10-26(19)22-23-20(16-21(27)24-22)25-11-13-28-14-12-25/h4-5,7-8,16,19H,2-3,6,9-15H2,1H3,(H,23,24,27). The van der Waals surface area contributed by atoms with Crippen LogP contribution >= 0.6 is 0 Å². The number of rotatable bonds is 4. The minimum atomic E-state index is -0.0784. The molecule has 2 aliphatic rings. The topological polar surface area (TPSA) is 61.5 Å². The Hall–Kier alpha value is -2.34. The molecule has 1 aromatic heterocycles. The monoisotopic (exact) mass is 382 g/mol. The van der Waals surface area contributed by atoms with Crippen molar-refractivity contribution >= 4 is 11.8 Å². The Kier molecular flexibility index (Phi) is 5.95. The normalized spacial score (nSPS) is 20.8. The molecule has 150 valence electrons. The second-order valence-electron chi connectivity index (χ2n) is 7.85. The van der Waals surface area contributed by atoms with E-state index in [2.05, 4.69) is 46.0 Å². The molecule has 0 spiro atoms. The molecule has 1 N–H and O–H groups in total. The molecule has 1 atom stereocenters. The number of anilines is 2. The molecule has 0 aliphatic carbocycles. The molecule has 1 unspecified atom stereocenters. The van der Waals surface area contributed by atoms with Gasteiger partial charge in [0.15, 0.2) is 0 Å². The van der Waals surface area contributed by atoms with Gasteiger partial charge >= 0.3 is 0 Å². The van der Waals surface area contributed by atoms with E-state index in [9.17, 15) is 4.79 Å². The largest absolute Gasteiger partial charge is 0.378 e. The molecular weight excluding hydrogens is 352 g/mol. The lowest BCUT2D eigenvalue weighted by Crippen LogP contribution is -2.41. The van der Waals surface area contributed by atoms with Crippen LogP contribution in [0.5, 0.6) is 0 Å². The van der Waals surface area contributed by atoms with Crippen molar-refractivity contribution in [3.05, 3.63) is 51.8 Å². The zero-order chi connectivity index (χ0) is 19.3. The number of aryl methyl sites for hydroxylation is 1. The lowest BCUT2D eigenvalue weighted by atomic mass is 9.97. The zero-order valence-corrected chi connectivity index (χ0v) is 16.7. The molecule has 0 radical (unpaired) electrons. The Bertz CT molecular complexity index is 844. The summed E-state index contributed by atoms with van der Waals surface area (Å²) in [7, 11) is 0. The highest BCUT2D eigenvalue weighted by Gasteiger charge is 2.25. The van der Waals surface area contributed by atoms with Crippen molar-refractivity contribution in [3.63, 3.8) is 0 Å². The number of benzene rings is 1. The number of aromatic nitrogens is 2. The highest BCUT2D eigenvalue weighted by Crippen LogP contribution is 2.25. The molecule has 6 heteroatoms. The number of ether oxygens (including phenoxy) is 1. The molecule has 2 aliphatic heterocycles. The van der Waals surface area contributed by atoms with Gasteiger partial charge in [-0.1, -0.05) is 37.1 Å². The summed E-state index contributed by atoms with van der Waals surface area (Å²) in [6.07, 6.45) is 5.70. The van der Waals surface area contributed by atoms with Gasteiger partial charge in [-0.15, -0.1) is 0 Å². The van der Waals surface area contributed by atoms with E-state index in [1.165, 1.54) is 24.0 Å². The van der Waals surface area contributed by atoms with Gasteiger partial charge in [-0.3, -0.25) is 9.78 Å². The van der Waals surface area contributed by atoms with Crippen molar-refractivity contribution < 1.29 is 4.74 Å². The van der Waals surface area contributed by atoms with Crippen LogP contribution in [-0.2, 0) is 11.2 Å². The van der Waals surface area contributed by atoms with Crippen molar-refractivity contribution in [2.24, 2.45) is 0 Å². The fourth-order valence-electron chi connectivity index (χ4n) is 4.28. The van der Waals surface area contributed by atoms with Crippen LogP contribution in [0.1, 0.15) is 36.8 Å². The first-order valence-corrected chi connectivity index (χ1v) is 10.5. The molecule has 1 aromatic carbocycles. The molecule has 28 heavy (non-hydrogen) atoms. The van der Waals surface area contributed by atoms with Gasteiger partial charge < -0.3 is 14.5 Å². The molecule has 0 amide bonds. The molecule has 2 aromatic rings. The first kappa shape index (κ1) is 19.0. The van der Waals surface area contributed by atoms with Crippen LogP contribution in [0.15, 0.2) is 35.1 Å². The van der Waals surface area contributed by atoms with Crippen LogP contribution in [0, 0.1) is 6.92 Å². The molecule has 6 nitrogen and oxygen atoms in total. The maximum absolute atomic E-state index is 12.4. The smallest absolute Gasteiger partial charge is 0.254 e. The molecular formula is C22H30N4O2. The maximum atomic E-state index is 12.4. The molecule has 2 fully saturated rings. The van der Waals surface area contributed by atoms with Crippen molar-refractivity contribution in [1.29, 1.82) is 0 Å². The van der Waals surface area contributed by atoms with Crippen LogP contribution < -0.4 is 15.4 Å². The lowest BCUT2D eigenvalue weighted by Gasteiger charge is -2.33. The predicted octanol–water partition coefficient (Wildman–Crippen LogP) is 2.91. The average molecular weight is 383 g/mol. The number of morpholine rings is 1. The first-order valence-electron chi connectivity index (χ1n) is 10.5. The third kappa shape index (κ3) is 4.38. The number of hydrogen-bond acceptors (Lipinski definition) is 5. The van der Waals surface area contributed by atoms with Crippen molar-refractivity contribution in [2.75, 3.05) is 42.6 Å². The lowest BCUT2D eigenvalue weighted by molar-refractivity contribution is 0.122. The average Bonchev–Trinajstić information content (AvgIpc) is 2.95. The van der Waals surface area contributed by atoms with Crippen molar-refractivity contribution in [3.8, 4) is 0 Å². The summed E-state index contributed by atoms with van der Waals surface area (Å²) in [6, 6.07) is 10.6. The summed E-state index contributed by atoms with van der Waals surface area (Å²) in [5, 5.41) is 0. The number of nitrogens with one attached hydrogen (secondary N) is 1. The number of nitrogens with zero attached hydrogens (tertiary/aromatic N) is 3. The number of aromatic amines is 1. The van der Waals surface area contributed by atoms with Crippen molar-refractivity contribution in [1.82, 2.24) is 9.97 Å². The molecule has 2 saturated heterocycles. The van der Waals surface area contributed by atoms with Gasteiger partial charge in [-0.25, -0.2) is 0 Å². The fraction of sp³-hybridized carbons (Fsp3) is 0.545. The molecule has 0 saturated carbocycles. The molecule has 4 rings (SSSR count). The first-order chi connectivity index (χ1) is 13.7. The van der Waals surface area contributed by atoms with E-state index < -0.39 is 0 Å². The van der Waals surface area contributed by atoms with Crippen LogP contribution in [0.4, 0.5) is 11.8 Å². The van der Waals surface area contributed by atoms with E-state index in [1.807, 2.05) is 0 Å². The summed E-state index contributed by atoms with van der Waals surface area (Å²) >= 11 is 0. The third-order valence-electron chi connectivity index (χ3n) is 5.92. The second kappa shape index (κ2) is 8.78. The van der Waals surface area contributed by atoms with Gasteiger partial charge in [-0.2, -0.15) is 4.98 Å². The predicted molar refractivity (Wildman–Crippen MR) is 112 cm³/mol. The van der Waals surface area contributed by atoms with Crippen LogP contribution in [-0.4, -0.2) is 48.9 Å². The summed E-state index contributed by atoms with van der Waals surface area (Å²) in [6.45, 7) is 6.04. The van der Waals surface area contributed by atoms with Crippen LogP contribution in [0.25, 0.3) is 0 Å². The van der Waals surface area contributed by atoms with Gasteiger partial charge in [-0.05, 0) is 37.3 Å². The summed E-state index contributed by atoms with van der Waals surface area (Å²) in [5.74, 6) is 1.48. The summed E-state index contributed by atoms with van der Waals surface area (Å²) in [4.78, 5) is 24.8. The van der Waals surface area contributed by atoms with E-state index in [0.717, 1.165) is 50.7 Å². The van der Waals surface area contributed by atoms with Gasteiger partial charge in [0.25, 0.3) is 5.56 Å². The highest BCUT2D eigenvalue weighted by molar-refractivity contribution is 5.45. The van der Waals surface area contributed by atoms with Gasteiger partial charge in [0.05, 0.1) is 13.2 Å². The minimum absolute atomic E-state index is 0.0784. The van der Waals surface area contributed by atoms with Crippen LogP contribution in [0.3, 0.4) is 0 Å². The quantitative estimate of drug-likeness (QED) is 0.881.